The maximum absolute atomic E-state index is 13.8. The van der Waals surface area contributed by atoms with Crippen molar-refractivity contribution in [2.24, 2.45) is 5.92 Å². The summed E-state index contributed by atoms with van der Waals surface area (Å²) in [7, 11) is 0. The van der Waals surface area contributed by atoms with Gasteiger partial charge in [-0.25, -0.2) is 4.39 Å². The predicted molar refractivity (Wildman–Crippen MR) is 118 cm³/mol. The number of benzene rings is 2. The standard InChI is InChI=1S/C26H27FN2O2/c27-21-6-7-23-18(11-21)10-19-13-26(31)16-29(15-17-4-5-17)9-8-25(26,14-24(19)28-23)20-2-1-3-22(30)12-20/h1-3,6-7,10-12,17,30-31H,4-5,8-9,13-16H2/t25-,26-/m0/s1. The lowest BCUT2D eigenvalue weighted by Gasteiger charge is -2.56. The number of nitrogens with zero attached hydrogens (tertiary/aromatic N) is 2. The van der Waals surface area contributed by atoms with Crippen LogP contribution in [-0.4, -0.2) is 45.3 Å². The number of phenols is 1. The monoisotopic (exact) mass is 418 g/mol. The first-order valence-corrected chi connectivity index (χ1v) is 11.3. The maximum Gasteiger partial charge on any atom is 0.123 e. The van der Waals surface area contributed by atoms with Gasteiger partial charge in [0.2, 0.25) is 0 Å². The molecule has 0 bridgehead atoms. The molecule has 2 fully saturated rings. The van der Waals surface area contributed by atoms with E-state index in [1.165, 1.54) is 25.0 Å². The molecular formula is C26H27FN2O2. The van der Waals surface area contributed by atoms with Gasteiger partial charge in [0.1, 0.15) is 11.6 Å². The second-order valence-corrected chi connectivity index (χ2v) is 9.88. The molecule has 0 unspecified atom stereocenters. The number of aliphatic hydroxyl groups is 1. The lowest BCUT2D eigenvalue weighted by atomic mass is 9.56. The molecule has 31 heavy (non-hydrogen) atoms. The molecule has 4 nitrogen and oxygen atoms in total. The third kappa shape index (κ3) is 3.14. The Kier molecular flexibility index (Phi) is 4.18. The Bertz CT molecular complexity index is 1180. The molecule has 0 radical (unpaired) electrons. The summed E-state index contributed by atoms with van der Waals surface area (Å²) >= 11 is 0. The third-order valence-electron chi connectivity index (χ3n) is 7.74. The summed E-state index contributed by atoms with van der Waals surface area (Å²) in [6, 6.07) is 14.1. The highest BCUT2D eigenvalue weighted by Gasteiger charge is 2.57. The molecule has 0 amide bonds. The van der Waals surface area contributed by atoms with E-state index in [0.717, 1.165) is 53.2 Å². The molecule has 2 aromatic carbocycles. The lowest BCUT2D eigenvalue weighted by molar-refractivity contribution is -0.104. The van der Waals surface area contributed by atoms with Crippen LogP contribution in [0.5, 0.6) is 5.75 Å². The molecule has 2 atom stereocenters. The van der Waals surface area contributed by atoms with Crippen molar-refractivity contribution >= 4 is 10.9 Å². The highest BCUT2D eigenvalue weighted by atomic mass is 19.1. The van der Waals surface area contributed by atoms with E-state index in [-0.39, 0.29) is 11.6 Å². The Morgan fingerprint density at radius 1 is 1.10 bits per heavy atom. The van der Waals surface area contributed by atoms with Crippen LogP contribution in [0.25, 0.3) is 10.9 Å². The van der Waals surface area contributed by atoms with Gasteiger partial charge in [-0.3, -0.25) is 4.98 Å². The summed E-state index contributed by atoms with van der Waals surface area (Å²) in [4.78, 5) is 7.31. The molecule has 3 aliphatic rings. The molecule has 0 spiro atoms. The van der Waals surface area contributed by atoms with Crippen LogP contribution in [0.2, 0.25) is 0 Å². The minimum atomic E-state index is -0.969. The van der Waals surface area contributed by atoms with E-state index < -0.39 is 11.0 Å². The molecule has 5 heteroatoms. The van der Waals surface area contributed by atoms with Crippen LogP contribution < -0.4 is 0 Å². The topological polar surface area (TPSA) is 56.6 Å². The molecule has 6 rings (SSSR count). The summed E-state index contributed by atoms with van der Waals surface area (Å²) in [5.41, 5.74) is 2.27. The van der Waals surface area contributed by atoms with E-state index in [0.29, 0.717) is 19.4 Å². The zero-order chi connectivity index (χ0) is 21.2. The normalized spacial score (nSPS) is 28.3. The summed E-state index contributed by atoms with van der Waals surface area (Å²) in [6.07, 6.45) is 4.50. The third-order valence-corrected chi connectivity index (χ3v) is 7.74. The molecule has 1 saturated heterocycles. The van der Waals surface area contributed by atoms with E-state index in [2.05, 4.69) is 4.90 Å². The molecule has 2 heterocycles. The number of likely N-dealkylation sites (tertiary alicyclic amines) is 1. The number of aromatic nitrogens is 1. The van der Waals surface area contributed by atoms with Crippen molar-refractivity contribution in [1.82, 2.24) is 9.88 Å². The molecule has 2 aliphatic carbocycles. The van der Waals surface area contributed by atoms with Crippen LogP contribution in [-0.2, 0) is 18.3 Å². The number of phenolic OH excluding ortho intramolecular Hbond substituents is 1. The number of piperidine rings is 1. The van der Waals surface area contributed by atoms with Crippen molar-refractivity contribution in [2.45, 2.75) is 43.1 Å². The van der Waals surface area contributed by atoms with Crippen molar-refractivity contribution < 1.29 is 14.6 Å². The van der Waals surface area contributed by atoms with Crippen LogP contribution in [0.4, 0.5) is 4.39 Å². The van der Waals surface area contributed by atoms with Gasteiger partial charge in [-0.15, -0.1) is 0 Å². The van der Waals surface area contributed by atoms with Crippen molar-refractivity contribution in [1.29, 1.82) is 0 Å². The first-order chi connectivity index (χ1) is 14.9. The van der Waals surface area contributed by atoms with E-state index >= 15 is 0 Å². The fraction of sp³-hybridized carbons (Fsp3) is 0.423. The smallest absolute Gasteiger partial charge is 0.123 e. The summed E-state index contributed by atoms with van der Waals surface area (Å²) in [6.45, 7) is 2.59. The SMILES string of the molecule is Oc1cccc([C@@]23CCN(CC4CC4)C[C@@]2(O)Cc2cc4cc(F)ccc4nc2C3)c1. The van der Waals surface area contributed by atoms with Gasteiger partial charge in [0.05, 0.1) is 11.1 Å². The Labute approximate surface area is 181 Å². The average Bonchev–Trinajstić information content (AvgIpc) is 3.54. The zero-order valence-corrected chi connectivity index (χ0v) is 17.5. The van der Waals surface area contributed by atoms with Gasteiger partial charge in [-0.2, -0.15) is 0 Å². The van der Waals surface area contributed by atoms with Crippen LogP contribution in [0.1, 0.15) is 36.1 Å². The molecule has 1 saturated carbocycles. The number of aromatic hydroxyl groups is 1. The largest absolute Gasteiger partial charge is 0.508 e. The highest BCUT2D eigenvalue weighted by Crippen LogP contribution is 2.51. The summed E-state index contributed by atoms with van der Waals surface area (Å²) in [5, 5.41) is 23.2. The van der Waals surface area contributed by atoms with Gasteiger partial charge in [0.25, 0.3) is 0 Å². The Hall–Kier alpha value is -2.50. The minimum absolute atomic E-state index is 0.224. The first kappa shape index (κ1) is 19.2. The van der Waals surface area contributed by atoms with Crippen molar-refractivity contribution in [3.05, 3.63) is 71.2 Å². The number of hydrogen-bond acceptors (Lipinski definition) is 4. The second-order valence-electron chi connectivity index (χ2n) is 9.88. The zero-order valence-electron chi connectivity index (χ0n) is 17.5. The maximum atomic E-state index is 13.8. The van der Waals surface area contributed by atoms with Gasteiger partial charge in [-0.05, 0) is 79.3 Å². The van der Waals surface area contributed by atoms with Crippen molar-refractivity contribution in [3.8, 4) is 5.75 Å². The fourth-order valence-electron chi connectivity index (χ4n) is 5.94. The van der Waals surface area contributed by atoms with E-state index in [4.69, 9.17) is 4.98 Å². The first-order valence-electron chi connectivity index (χ1n) is 11.3. The number of pyridine rings is 1. The van der Waals surface area contributed by atoms with Gasteiger partial charge in [0, 0.05) is 42.4 Å². The van der Waals surface area contributed by atoms with Crippen molar-refractivity contribution in [2.75, 3.05) is 19.6 Å². The Morgan fingerprint density at radius 2 is 1.97 bits per heavy atom. The molecule has 2 N–H and O–H groups in total. The molecule has 3 aromatic rings. The minimum Gasteiger partial charge on any atom is -0.508 e. The molecule has 1 aliphatic heterocycles. The van der Waals surface area contributed by atoms with Crippen LogP contribution in [0.15, 0.2) is 48.5 Å². The Morgan fingerprint density at radius 3 is 2.77 bits per heavy atom. The van der Waals surface area contributed by atoms with Gasteiger partial charge in [0.15, 0.2) is 0 Å². The van der Waals surface area contributed by atoms with Gasteiger partial charge < -0.3 is 15.1 Å². The molecular weight excluding hydrogens is 391 g/mol. The number of halogens is 1. The predicted octanol–water partition coefficient (Wildman–Crippen LogP) is 3.96. The number of β-amino-alcohol motifs (C(OH)–C–C–N with tert-alkyl or cyclic N) is 1. The van der Waals surface area contributed by atoms with Crippen LogP contribution in [0, 0.1) is 11.7 Å². The van der Waals surface area contributed by atoms with E-state index in [1.807, 2.05) is 24.3 Å². The van der Waals surface area contributed by atoms with E-state index in [9.17, 15) is 14.6 Å². The highest BCUT2D eigenvalue weighted by molar-refractivity contribution is 5.80. The lowest BCUT2D eigenvalue weighted by Crippen LogP contribution is -2.66. The van der Waals surface area contributed by atoms with E-state index in [1.54, 1.807) is 12.1 Å². The van der Waals surface area contributed by atoms with Gasteiger partial charge >= 0.3 is 0 Å². The Balaban J connectivity index is 1.48. The molecule has 160 valence electrons. The van der Waals surface area contributed by atoms with Crippen molar-refractivity contribution in [3.63, 3.8) is 0 Å². The summed E-state index contributed by atoms with van der Waals surface area (Å²) in [5.74, 6) is 0.717. The average molecular weight is 419 g/mol. The summed E-state index contributed by atoms with van der Waals surface area (Å²) < 4.78 is 13.8. The van der Waals surface area contributed by atoms with Crippen LogP contribution in [0.3, 0.4) is 0 Å². The number of fused-ring (bicyclic) bond motifs is 3. The molecule has 1 aromatic heterocycles. The fourth-order valence-corrected chi connectivity index (χ4v) is 5.94. The number of rotatable bonds is 3. The van der Waals surface area contributed by atoms with Crippen LogP contribution >= 0.6 is 0 Å². The second kappa shape index (κ2) is 6.75. The quantitative estimate of drug-likeness (QED) is 0.676. The number of hydrogen-bond donors (Lipinski definition) is 2. The van der Waals surface area contributed by atoms with Gasteiger partial charge in [-0.1, -0.05) is 12.1 Å².